The Bertz CT molecular complexity index is 598. The number of amides is 4. The van der Waals surface area contributed by atoms with E-state index in [1.807, 2.05) is 6.07 Å². The lowest BCUT2D eigenvalue weighted by Crippen LogP contribution is -2.48. The van der Waals surface area contributed by atoms with E-state index in [-0.39, 0.29) is 6.54 Å². The van der Waals surface area contributed by atoms with E-state index in [0.717, 1.165) is 18.7 Å². The number of methoxy groups -OCH3 is 1. The van der Waals surface area contributed by atoms with Gasteiger partial charge in [0.1, 0.15) is 0 Å². The van der Waals surface area contributed by atoms with Crippen LogP contribution in [0.5, 0.6) is 0 Å². The van der Waals surface area contributed by atoms with Crippen molar-refractivity contribution in [3.63, 3.8) is 0 Å². The Morgan fingerprint density at radius 3 is 2.35 bits per heavy atom. The molecule has 0 atom stereocenters. The average molecular weight is 317 g/mol. The zero-order valence-electron chi connectivity index (χ0n) is 12.9. The molecule has 0 heterocycles. The van der Waals surface area contributed by atoms with E-state index in [0.29, 0.717) is 9.80 Å². The van der Waals surface area contributed by atoms with Crippen molar-refractivity contribution in [3.05, 3.63) is 42.0 Å². The molecular weight excluding hydrogens is 300 g/mol. The average Bonchev–Trinajstić information content (AvgIpc) is 2.58. The Morgan fingerprint density at radius 2 is 1.83 bits per heavy atom. The molecule has 4 amide bonds. The summed E-state index contributed by atoms with van der Waals surface area (Å²) in [5.74, 6) is -0.732. The maximum atomic E-state index is 12.2. The molecule has 0 unspecified atom stereocenters. The van der Waals surface area contributed by atoms with Crippen LogP contribution < -0.4 is 0 Å². The summed E-state index contributed by atoms with van der Waals surface area (Å²) >= 11 is 0. The van der Waals surface area contributed by atoms with Gasteiger partial charge < -0.3 is 4.74 Å². The Morgan fingerprint density at radius 1 is 1.17 bits per heavy atom. The van der Waals surface area contributed by atoms with Gasteiger partial charge in [-0.2, -0.15) is 0 Å². The fraction of sp³-hybridized carbons (Fsp3) is 0.250. The molecule has 0 aliphatic carbocycles. The van der Waals surface area contributed by atoms with Crippen LogP contribution in [0.15, 0.2) is 36.4 Å². The molecule has 7 heteroatoms. The smallest absolute Gasteiger partial charge is 0.417 e. The van der Waals surface area contributed by atoms with Gasteiger partial charge in [-0.05, 0) is 18.6 Å². The molecule has 1 rings (SSSR count). The maximum absolute atomic E-state index is 12.2. The number of nitrogens with zero attached hydrogens (tertiary/aromatic N) is 2. The standard InChI is InChI=1S/C16H17N2O5/c1-3-17(16(22)23-2)15(21)18(11-12-19)14(20)10-9-13-7-5-4-6-8-13/h4-10H,3,11H2,1-2H3/b10-9+. The normalized spacial score (nSPS) is 10.2. The Balaban J connectivity index is 2.93. The minimum Gasteiger partial charge on any atom is -0.452 e. The first-order chi connectivity index (χ1) is 11.0. The summed E-state index contributed by atoms with van der Waals surface area (Å²) in [7, 11) is 1.12. The van der Waals surface area contributed by atoms with Crippen LogP contribution in [0.1, 0.15) is 12.5 Å². The molecule has 0 N–H and O–H groups in total. The second-order valence-corrected chi connectivity index (χ2v) is 4.31. The molecule has 1 radical (unpaired) electrons. The van der Waals surface area contributed by atoms with E-state index in [9.17, 15) is 19.2 Å². The second-order valence-electron chi connectivity index (χ2n) is 4.31. The molecule has 0 aliphatic rings. The first kappa shape index (κ1) is 18.1. The third kappa shape index (κ3) is 5.06. The lowest BCUT2D eigenvalue weighted by molar-refractivity contribution is -0.123. The van der Waals surface area contributed by atoms with Gasteiger partial charge in [0.05, 0.1) is 13.7 Å². The zero-order chi connectivity index (χ0) is 17.2. The van der Waals surface area contributed by atoms with Crippen molar-refractivity contribution in [3.8, 4) is 0 Å². The van der Waals surface area contributed by atoms with E-state index >= 15 is 0 Å². The fourth-order valence-electron chi connectivity index (χ4n) is 1.72. The summed E-state index contributed by atoms with van der Waals surface area (Å²) < 4.78 is 4.47. The lowest BCUT2D eigenvalue weighted by atomic mass is 10.2. The van der Waals surface area contributed by atoms with Gasteiger partial charge in [0, 0.05) is 12.6 Å². The Hall–Kier alpha value is -2.96. The van der Waals surface area contributed by atoms with E-state index in [1.54, 1.807) is 31.2 Å². The molecule has 1 aromatic rings. The lowest BCUT2D eigenvalue weighted by Gasteiger charge is -2.24. The van der Waals surface area contributed by atoms with E-state index in [2.05, 4.69) is 4.74 Å². The molecule has 0 spiro atoms. The Kier molecular flexibility index (Phi) is 7.19. The van der Waals surface area contributed by atoms with Crippen LogP contribution in [0.25, 0.3) is 6.08 Å². The molecule has 0 fully saturated rings. The third-order valence-corrected chi connectivity index (χ3v) is 2.88. The Labute approximate surface area is 134 Å². The summed E-state index contributed by atoms with van der Waals surface area (Å²) in [4.78, 5) is 47.8. The highest BCUT2D eigenvalue weighted by Crippen LogP contribution is 2.05. The van der Waals surface area contributed by atoms with Crippen LogP contribution in [0.2, 0.25) is 0 Å². The van der Waals surface area contributed by atoms with Crippen molar-refractivity contribution in [2.75, 3.05) is 20.2 Å². The van der Waals surface area contributed by atoms with Crippen LogP contribution in [0.3, 0.4) is 0 Å². The van der Waals surface area contributed by atoms with Crippen molar-refractivity contribution in [2.45, 2.75) is 6.92 Å². The van der Waals surface area contributed by atoms with Crippen LogP contribution in [-0.2, 0) is 14.3 Å². The molecule has 121 valence electrons. The highest BCUT2D eigenvalue weighted by Gasteiger charge is 2.29. The van der Waals surface area contributed by atoms with Crippen LogP contribution in [0.4, 0.5) is 9.59 Å². The van der Waals surface area contributed by atoms with Crippen LogP contribution in [0, 0.1) is 0 Å². The van der Waals surface area contributed by atoms with Crippen molar-refractivity contribution in [1.82, 2.24) is 9.80 Å². The highest BCUT2D eigenvalue weighted by molar-refractivity contribution is 6.06. The molecule has 23 heavy (non-hydrogen) atoms. The number of ether oxygens (including phenoxy) is 1. The van der Waals surface area contributed by atoms with Gasteiger partial charge in [-0.1, -0.05) is 30.3 Å². The zero-order valence-corrected chi connectivity index (χ0v) is 12.9. The number of imide groups is 2. The third-order valence-electron chi connectivity index (χ3n) is 2.88. The molecule has 0 aliphatic heterocycles. The van der Waals surface area contributed by atoms with Gasteiger partial charge in [-0.25, -0.2) is 14.5 Å². The van der Waals surface area contributed by atoms with Gasteiger partial charge in [0.25, 0.3) is 5.91 Å². The number of carbonyl (C=O) groups excluding carboxylic acids is 4. The predicted octanol–water partition coefficient (Wildman–Crippen LogP) is 1.85. The highest BCUT2D eigenvalue weighted by atomic mass is 16.5. The van der Waals surface area contributed by atoms with E-state index < -0.39 is 24.6 Å². The SMILES string of the molecule is CCN(C(=O)OC)C(=O)N(C[C]=O)C(=O)/C=C/c1ccccc1. The van der Waals surface area contributed by atoms with Gasteiger partial charge in [-0.3, -0.25) is 14.5 Å². The summed E-state index contributed by atoms with van der Waals surface area (Å²) in [5.41, 5.74) is 0.753. The van der Waals surface area contributed by atoms with Gasteiger partial charge in [0.2, 0.25) is 6.29 Å². The minimum absolute atomic E-state index is 0.00343. The quantitative estimate of drug-likeness (QED) is 0.774. The van der Waals surface area contributed by atoms with E-state index in [1.165, 1.54) is 12.4 Å². The molecule has 0 aromatic heterocycles. The van der Waals surface area contributed by atoms with E-state index in [4.69, 9.17) is 0 Å². The van der Waals surface area contributed by atoms with Gasteiger partial charge in [-0.15, -0.1) is 0 Å². The van der Waals surface area contributed by atoms with Crippen molar-refractivity contribution in [2.24, 2.45) is 0 Å². The summed E-state index contributed by atoms with van der Waals surface area (Å²) in [5, 5.41) is 0. The number of carbonyl (C=O) groups is 3. The summed E-state index contributed by atoms with van der Waals surface area (Å²) in [6.07, 6.45) is 3.23. The largest absolute Gasteiger partial charge is 0.452 e. The number of benzene rings is 1. The monoisotopic (exact) mass is 317 g/mol. The fourth-order valence-corrected chi connectivity index (χ4v) is 1.72. The molecule has 0 bridgehead atoms. The molecule has 0 saturated carbocycles. The number of urea groups is 1. The number of hydrogen-bond acceptors (Lipinski definition) is 5. The van der Waals surface area contributed by atoms with Crippen molar-refractivity contribution < 1.29 is 23.9 Å². The molecule has 0 saturated heterocycles. The second kappa shape index (κ2) is 9.14. The van der Waals surface area contributed by atoms with Crippen molar-refractivity contribution >= 4 is 30.4 Å². The topological polar surface area (TPSA) is 84.0 Å². The molecular formula is C16H17N2O5. The first-order valence-electron chi connectivity index (χ1n) is 6.84. The first-order valence-corrected chi connectivity index (χ1v) is 6.84. The molecule has 7 nitrogen and oxygen atoms in total. The maximum Gasteiger partial charge on any atom is 0.417 e. The van der Waals surface area contributed by atoms with Crippen molar-refractivity contribution in [1.29, 1.82) is 0 Å². The number of hydrogen-bond donors (Lipinski definition) is 0. The van der Waals surface area contributed by atoms with Crippen LogP contribution >= 0.6 is 0 Å². The summed E-state index contributed by atoms with van der Waals surface area (Å²) in [6, 6.07) is 8.02. The number of rotatable bonds is 5. The van der Waals surface area contributed by atoms with Gasteiger partial charge >= 0.3 is 12.1 Å². The summed E-state index contributed by atoms with van der Waals surface area (Å²) in [6.45, 7) is 0.961. The minimum atomic E-state index is -0.939. The van der Waals surface area contributed by atoms with Gasteiger partial charge in [0.15, 0.2) is 0 Å². The predicted molar refractivity (Wildman–Crippen MR) is 83.1 cm³/mol. The van der Waals surface area contributed by atoms with Crippen LogP contribution in [-0.4, -0.2) is 54.3 Å². The molecule has 1 aromatic carbocycles.